The fourth-order valence-corrected chi connectivity index (χ4v) is 5.24. The van der Waals surface area contributed by atoms with Crippen molar-refractivity contribution in [3.8, 4) is 17.2 Å². The predicted octanol–water partition coefficient (Wildman–Crippen LogP) is 1.97. The SMILES string of the molecule is CCOc1cc(S(=O)(=O)N2CCN(c3ccccc3)CC2)c(OCC)cc1-n1cnnn1. The van der Waals surface area contributed by atoms with Gasteiger partial charge in [-0.3, -0.25) is 0 Å². The average Bonchev–Trinajstić information content (AvgIpc) is 3.35. The number of tetrazole rings is 1. The Hall–Kier alpha value is -3.18. The van der Waals surface area contributed by atoms with Crippen molar-refractivity contribution in [2.75, 3.05) is 44.3 Å². The van der Waals surface area contributed by atoms with Crippen LogP contribution in [0.5, 0.6) is 11.5 Å². The van der Waals surface area contributed by atoms with Gasteiger partial charge in [0.15, 0.2) is 0 Å². The van der Waals surface area contributed by atoms with Crippen molar-refractivity contribution in [3.63, 3.8) is 0 Å². The van der Waals surface area contributed by atoms with E-state index in [9.17, 15) is 8.42 Å². The van der Waals surface area contributed by atoms with Crippen LogP contribution in [0.15, 0.2) is 53.7 Å². The van der Waals surface area contributed by atoms with Crippen LogP contribution >= 0.6 is 0 Å². The third-order valence-corrected chi connectivity index (χ3v) is 7.12. The van der Waals surface area contributed by atoms with E-state index in [0.29, 0.717) is 50.8 Å². The van der Waals surface area contributed by atoms with E-state index in [2.05, 4.69) is 20.4 Å². The smallest absolute Gasteiger partial charge is 0.247 e. The Labute approximate surface area is 187 Å². The number of aromatic nitrogens is 4. The average molecular weight is 459 g/mol. The number of piperazine rings is 1. The summed E-state index contributed by atoms with van der Waals surface area (Å²) in [7, 11) is -3.81. The van der Waals surface area contributed by atoms with Gasteiger partial charge in [0.1, 0.15) is 28.4 Å². The zero-order valence-corrected chi connectivity index (χ0v) is 18.9. The normalized spacial score (nSPS) is 15.0. The Morgan fingerprint density at radius 2 is 1.62 bits per heavy atom. The van der Waals surface area contributed by atoms with Crippen LogP contribution in [-0.2, 0) is 10.0 Å². The van der Waals surface area contributed by atoms with Gasteiger partial charge in [0.05, 0.1) is 13.2 Å². The van der Waals surface area contributed by atoms with Crippen LogP contribution in [0.3, 0.4) is 0 Å². The fraction of sp³-hybridized carbons (Fsp3) is 0.381. The van der Waals surface area contributed by atoms with Crippen molar-refractivity contribution in [3.05, 3.63) is 48.8 Å². The highest BCUT2D eigenvalue weighted by atomic mass is 32.2. The van der Waals surface area contributed by atoms with Crippen molar-refractivity contribution < 1.29 is 17.9 Å². The number of nitrogens with zero attached hydrogens (tertiary/aromatic N) is 6. The molecular formula is C21H26N6O4S. The van der Waals surface area contributed by atoms with Gasteiger partial charge in [-0.05, 0) is 36.4 Å². The minimum absolute atomic E-state index is 0.0767. The molecule has 1 aliphatic heterocycles. The first-order valence-electron chi connectivity index (χ1n) is 10.5. The Bertz CT molecular complexity index is 1130. The van der Waals surface area contributed by atoms with Crippen molar-refractivity contribution in [1.82, 2.24) is 24.5 Å². The molecule has 170 valence electrons. The Balaban J connectivity index is 1.66. The Morgan fingerprint density at radius 3 is 2.25 bits per heavy atom. The highest BCUT2D eigenvalue weighted by molar-refractivity contribution is 7.89. The third-order valence-electron chi connectivity index (χ3n) is 5.20. The maximum atomic E-state index is 13.6. The van der Waals surface area contributed by atoms with E-state index in [4.69, 9.17) is 9.47 Å². The number of rotatable bonds is 8. The summed E-state index contributed by atoms with van der Waals surface area (Å²) in [5.74, 6) is 0.608. The van der Waals surface area contributed by atoms with Gasteiger partial charge < -0.3 is 14.4 Å². The largest absolute Gasteiger partial charge is 0.492 e. The molecule has 1 aromatic heterocycles. The van der Waals surface area contributed by atoms with Gasteiger partial charge in [-0.15, -0.1) is 5.10 Å². The number of hydrogen-bond donors (Lipinski definition) is 0. The zero-order chi connectivity index (χ0) is 22.6. The molecule has 3 aromatic rings. The van der Waals surface area contributed by atoms with Crippen molar-refractivity contribution >= 4 is 15.7 Å². The molecule has 0 N–H and O–H groups in total. The van der Waals surface area contributed by atoms with Crippen molar-refractivity contribution in [2.45, 2.75) is 18.7 Å². The zero-order valence-electron chi connectivity index (χ0n) is 18.1. The van der Waals surface area contributed by atoms with Gasteiger partial charge in [-0.2, -0.15) is 8.99 Å². The summed E-state index contributed by atoms with van der Waals surface area (Å²) in [5.41, 5.74) is 1.59. The number of sulfonamides is 1. The molecule has 0 radical (unpaired) electrons. The maximum absolute atomic E-state index is 13.6. The van der Waals surface area contributed by atoms with Crippen LogP contribution in [0, 0.1) is 0 Å². The summed E-state index contributed by atoms with van der Waals surface area (Å²) in [6.07, 6.45) is 1.42. The van der Waals surface area contributed by atoms with Gasteiger partial charge >= 0.3 is 0 Å². The van der Waals surface area contributed by atoms with Crippen LogP contribution in [0.2, 0.25) is 0 Å². The van der Waals surface area contributed by atoms with Crippen molar-refractivity contribution in [1.29, 1.82) is 0 Å². The second-order valence-electron chi connectivity index (χ2n) is 7.11. The summed E-state index contributed by atoms with van der Waals surface area (Å²) < 4.78 is 41.6. The molecule has 2 aromatic carbocycles. The number of benzene rings is 2. The van der Waals surface area contributed by atoms with Gasteiger partial charge in [0.25, 0.3) is 0 Å². The van der Waals surface area contributed by atoms with Gasteiger partial charge in [-0.1, -0.05) is 18.2 Å². The molecule has 32 heavy (non-hydrogen) atoms. The molecule has 0 spiro atoms. The molecule has 0 saturated carbocycles. The van der Waals surface area contributed by atoms with Gasteiger partial charge in [0.2, 0.25) is 10.0 Å². The van der Waals surface area contributed by atoms with Crippen LogP contribution < -0.4 is 14.4 Å². The molecule has 2 heterocycles. The van der Waals surface area contributed by atoms with E-state index in [0.717, 1.165) is 5.69 Å². The van der Waals surface area contributed by atoms with Crippen LogP contribution in [0.25, 0.3) is 5.69 Å². The minimum atomic E-state index is -3.81. The topological polar surface area (TPSA) is 103 Å². The van der Waals surface area contributed by atoms with Crippen LogP contribution in [0.1, 0.15) is 13.8 Å². The molecule has 11 heteroatoms. The summed E-state index contributed by atoms with van der Waals surface area (Å²) in [4.78, 5) is 2.26. The number of para-hydroxylation sites is 1. The first-order chi connectivity index (χ1) is 15.5. The van der Waals surface area contributed by atoms with Crippen LogP contribution in [-0.4, -0.2) is 72.3 Å². The van der Waals surface area contributed by atoms with Crippen molar-refractivity contribution in [2.24, 2.45) is 0 Å². The van der Waals surface area contributed by atoms with E-state index in [1.807, 2.05) is 44.2 Å². The summed E-state index contributed by atoms with van der Waals surface area (Å²) >= 11 is 0. The van der Waals surface area contributed by atoms with E-state index >= 15 is 0 Å². The molecule has 0 unspecified atom stereocenters. The first kappa shape index (κ1) is 22.0. The summed E-state index contributed by atoms with van der Waals surface area (Å²) in [5, 5.41) is 11.2. The number of ether oxygens (including phenoxy) is 2. The van der Waals surface area contributed by atoms with Crippen LogP contribution in [0.4, 0.5) is 5.69 Å². The molecule has 0 atom stereocenters. The molecule has 1 aliphatic rings. The summed E-state index contributed by atoms with van der Waals surface area (Å²) in [6.45, 7) is 6.27. The Morgan fingerprint density at radius 1 is 0.938 bits per heavy atom. The monoisotopic (exact) mass is 458 g/mol. The molecule has 0 amide bonds. The number of hydrogen-bond acceptors (Lipinski definition) is 8. The summed E-state index contributed by atoms with van der Waals surface area (Å²) in [6, 6.07) is 13.1. The third kappa shape index (κ3) is 4.39. The highest BCUT2D eigenvalue weighted by Crippen LogP contribution is 2.36. The fourth-order valence-electron chi connectivity index (χ4n) is 3.69. The van der Waals surface area contributed by atoms with Gasteiger partial charge in [-0.25, -0.2) is 8.42 Å². The Kier molecular flexibility index (Phi) is 6.56. The molecule has 4 rings (SSSR count). The molecular weight excluding hydrogens is 432 g/mol. The lowest BCUT2D eigenvalue weighted by Gasteiger charge is -2.35. The maximum Gasteiger partial charge on any atom is 0.247 e. The van der Waals surface area contributed by atoms with E-state index < -0.39 is 10.0 Å². The second kappa shape index (κ2) is 9.53. The first-order valence-corrected chi connectivity index (χ1v) is 12.0. The van der Waals surface area contributed by atoms with E-state index in [1.54, 1.807) is 6.07 Å². The lowest BCUT2D eigenvalue weighted by atomic mass is 10.2. The molecule has 0 bridgehead atoms. The molecule has 10 nitrogen and oxygen atoms in total. The minimum Gasteiger partial charge on any atom is -0.492 e. The number of anilines is 1. The van der Waals surface area contributed by atoms with Gasteiger partial charge in [0, 0.05) is 44.0 Å². The molecule has 1 fully saturated rings. The quantitative estimate of drug-likeness (QED) is 0.505. The lowest BCUT2D eigenvalue weighted by Crippen LogP contribution is -2.48. The molecule has 0 aliphatic carbocycles. The highest BCUT2D eigenvalue weighted by Gasteiger charge is 2.32. The standard InChI is InChI=1S/C21H26N6O4S/c1-3-30-19-15-21(20(31-4-2)14-18(19)27-16-22-23-24-27)32(28,29)26-12-10-25(11-13-26)17-8-6-5-7-9-17/h5-9,14-16H,3-4,10-13H2,1-2H3. The van der Waals surface area contributed by atoms with E-state index in [-0.39, 0.29) is 10.6 Å². The van der Waals surface area contributed by atoms with E-state index in [1.165, 1.54) is 21.4 Å². The molecule has 1 saturated heterocycles. The second-order valence-corrected chi connectivity index (χ2v) is 9.02. The predicted molar refractivity (Wildman–Crippen MR) is 119 cm³/mol. The lowest BCUT2D eigenvalue weighted by molar-refractivity contribution is 0.318.